The maximum Gasteiger partial charge on any atom is 0.326 e. The van der Waals surface area contributed by atoms with E-state index in [4.69, 9.17) is 10.8 Å². The Labute approximate surface area is 216 Å². The Morgan fingerprint density at radius 2 is 1.32 bits per heavy atom. The number of nitrogens with two attached hydrogens (primary N) is 1. The van der Waals surface area contributed by atoms with Gasteiger partial charge in [0.15, 0.2) is 0 Å². The molecule has 0 aromatic heterocycles. The summed E-state index contributed by atoms with van der Waals surface area (Å²) < 4.78 is 0. The number of carbonyl (C=O) groups excluding carboxylic acids is 5. The molecule has 38 heavy (non-hydrogen) atoms. The third-order valence-corrected chi connectivity index (χ3v) is 4.81. The Kier molecular flexibility index (Phi) is 12.7. The van der Waals surface area contributed by atoms with E-state index in [9.17, 15) is 43.8 Å². The van der Waals surface area contributed by atoms with Crippen LogP contribution in [0.15, 0.2) is 24.3 Å². The molecule has 0 fully saturated rings. The Bertz CT molecular complexity index is 1050. The fourth-order valence-corrected chi connectivity index (χ4v) is 2.78. The number of carboxylic acid groups (broad SMARTS) is 2. The van der Waals surface area contributed by atoms with E-state index in [1.165, 1.54) is 31.2 Å². The molecule has 0 aliphatic rings. The fourth-order valence-electron chi connectivity index (χ4n) is 2.78. The number of hydrogen-bond acceptors (Lipinski definition) is 9. The first-order valence-electron chi connectivity index (χ1n) is 11.2. The second-order valence-corrected chi connectivity index (χ2v) is 8.03. The normalized spacial score (nSPS) is 12.7. The fraction of sp³-hybridized carbons (Fsp3) is 0.409. The molecule has 0 unspecified atom stereocenters. The summed E-state index contributed by atoms with van der Waals surface area (Å²) in [5.74, 6) is -6.54. The summed E-state index contributed by atoms with van der Waals surface area (Å²) in [6, 6.07) is 1.97. The van der Waals surface area contributed by atoms with Crippen LogP contribution in [0, 0.1) is 0 Å². The number of carboxylic acids is 2. The molecule has 5 amide bonds. The van der Waals surface area contributed by atoms with Crippen molar-refractivity contribution in [3.05, 3.63) is 29.8 Å². The summed E-state index contributed by atoms with van der Waals surface area (Å²) in [5.41, 5.74) is 5.94. The summed E-state index contributed by atoms with van der Waals surface area (Å²) in [6.45, 7) is -0.373. The molecule has 1 aromatic carbocycles. The zero-order valence-electron chi connectivity index (χ0n) is 20.4. The molecule has 208 valence electrons. The predicted octanol–water partition coefficient (Wildman–Crippen LogP) is -3.84. The highest BCUT2D eigenvalue weighted by atomic mass is 16.4. The first-order chi connectivity index (χ1) is 17.8. The predicted molar refractivity (Wildman–Crippen MR) is 128 cm³/mol. The van der Waals surface area contributed by atoms with Gasteiger partial charge in [-0.2, -0.15) is 0 Å². The lowest BCUT2D eigenvalue weighted by atomic mass is 10.1. The first kappa shape index (κ1) is 31.3. The number of amides is 5. The maximum atomic E-state index is 12.0. The van der Waals surface area contributed by atoms with Gasteiger partial charge in [-0.3, -0.25) is 28.8 Å². The number of aliphatic carboxylic acids is 2. The van der Waals surface area contributed by atoms with Gasteiger partial charge in [0.25, 0.3) is 0 Å². The van der Waals surface area contributed by atoms with Gasteiger partial charge in [-0.15, -0.1) is 0 Å². The van der Waals surface area contributed by atoms with Crippen LogP contribution in [0.4, 0.5) is 0 Å². The third-order valence-electron chi connectivity index (χ3n) is 4.81. The Balaban J connectivity index is 2.34. The molecule has 0 saturated carbocycles. The van der Waals surface area contributed by atoms with Crippen LogP contribution in [-0.4, -0.2) is 94.6 Å². The summed E-state index contributed by atoms with van der Waals surface area (Å²) in [4.78, 5) is 81.4. The minimum atomic E-state index is -1.36. The van der Waals surface area contributed by atoms with E-state index < -0.39 is 85.7 Å². The van der Waals surface area contributed by atoms with E-state index in [0.717, 1.165) is 0 Å². The van der Waals surface area contributed by atoms with Crippen LogP contribution < -0.4 is 32.3 Å². The molecule has 1 aromatic rings. The average Bonchev–Trinajstić information content (AvgIpc) is 2.84. The van der Waals surface area contributed by atoms with Gasteiger partial charge in [0.05, 0.1) is 32.1 Å². The Morgan fingerprint density at radius 3 is 1.84 bits per heavy atom. The van der Waals surface area contributed by atoms with E-state index in [1.807, 2.05) is 0 Å². The zero-order valence-corrected chi connectivity index (χ0v) is 20.4. The Morgan fingerprint density at radius 1 is 0.789 bits per heavy atom. The molecule has 10 N–H and O–H groups in total. The number of rotatable bonds is 15. The van der Waals surface area contributed by atoms with Gasteiger partial charge in [-0.25, -0.2) is 4.79 Å². The first-order valence-corrected chi connectivity index (χ1v) is 11.2. The van der Waals surface area contributed by atoms with Gasteiger partial charge < -0.3 is 47.6 Å². The van der Waals surface area contributed by atoms with Crippen molar-refractivity contribution in [3.63, 3.8) is 0 Å². The second kappa shape index (κ2) is 15.4. The molecule has 16 heteroatoms. The highest BCUT2D eigenvalue weighted by molar-refractivity contribution is 5.93. The van der Waals surface area contributed by atoms with Gasteiger partial charge >= 0.3 is 11.9 Å². The van der Waals surface area contributed by atoms with Crippen LogP contribution in [0.1, 0.15) is 18.9 Å². The molecule has 1 rings (SSSR count). The van der Waals surface area contributed by atoms with Crippen LogP contribution >= 0.6 is 0 Å². The molecule has 0 heterocycles. The lowest BCUT2D eigenvalue weighted by Gasteiger charge is -2.16. The van der Waals surface area contributed by atoms with Crippen LogP contribution in [0.2, 0.25) is 0 Å². The lowest BCUT2D eigenvalue weighted by molar-refractivity contribution is -0.141. The summed E-state index contributed by atoms with van der Waals surface area (Å²) >= 11 is 0. The molecule has 0 saturated heterocycles. The van der Waals surface area contributed by atoms with Gasteiger partial charge in [-0.1, -0.05) is 12.1 Å². The molecular formula is C22H30N6O10. The number of benzene rings is 1. The molecule has 0 aliphatic carbocycles. The highest BCUT2D eigenvalue weighted by Gasteiger charge is 2.23. The third kappa shape index (κ3) is 12.3. The van der Waals surface area contributed by atoms with Crippen molar-refractivity contribution in [2.24, 2.45) is 5.73 Å². The standard InChI is InChI=1S/C22H30N6O10/c1-11(27-21(36)14(23)7-19(33)34)20(35)26-9-17(31)24-8-16(30)25-10-18(32)28-15(22(37)38)6-12-2-4-13(29)5-3-12/h2-5,11,14-15,29H,6-10,23H2,1H3,(H,24,31)(H,25,30)(H,26,35)(H,27,36)(H,28,32)(H,33,34)(H,37,38)/t11-,14-,15-/m0/s1. The van der Waals surface area contributed by atoms with Crippen LogP contribution in [0.3, 0.4) is 0 Å². The molecule has 0 bridgehead atoms. The van der Waals surface area contributed by atoms with Crippen LogP contribution in [0.5, 0.6) is 5.75 Å². The molecule has 0 radical (unpaired) electrons. The largest absolute Gasteiger partial charge is 0.508 e. The number of phenols is 1. The van der Waals surface area contributed by atoms with Crippen molar-refractivity contribution < 1.29 is 48.9 Å². The number of phenolic OH excluding ortho intramolecular Hbond substituents is 1. The number of aromatic hydroxyl groups is 1. The Hall–Kier alpha value is -4.73. The van der Waals surface area contributed by atoms with Crippen molar-refractivity contribution in [2.45, 2.75) is 37.9 Å². The highest BCUT2D eigenvalue weighted by Crippen LogP contribution is 2.11. The van der Waals surface area contributed by atoms with Crippen LogP contribution in [0.25, 0.3) is 0 Å². The van der Waals surface area contributed by atoms with Crippen molar-refractivity contribution in [3.8, 4) is 5.75 Å². The van der Waals surface area contributed by atoms with Gasteiger partial charge in [-0.05, 0) is 24.6 Å². The van der Waals surface area contributed by atoms with Gasteiger partial charge in [0.1, 0.15) is 17.8 Å². The summed E-state index contributed by atoms with van der Waals surface area (Å²) in [5, 5.41) is 38.3. The van der Waals surface area contributed by atoms with E-state index in [0.29, 0.717) is 5.56 Å². The minimum absolute atomic E-state index is 0.0000612. The maximum absolute atomic E-state index is 12.0. The minimum Gasteiger partial charge on any atom is -0.508 e. The topological polar surface area (TPSA) is 266 Å². The molecular weight excluding hydrogens is 508 g/mol. The van der Waals surface area contributed by atoms with Crippen molar-refractivity contribution in [2.75, 3.05) is 19.6 Å². The number of carbonyl (C=O) groups is 7. The average molecular weight is 539 g/mol. The molecule has 0 spiro atoms. The SMILES string of the molecule is C[C@H](NC(=O)[C@@H](N)CC(=O)O)C(=O)NCC(=O)NCC(=O)NCC(=O)N[C@@H](Cc1ccc(O)cc1)C(=O)O. The van der Waals surface area contributed by atoms with E-state index in [-0.39, 0.29) is 12.2 Å². The van der Waals surface area contributed by atoms with Crippen molar-refractivity contribution in [1.82, 2.24) is 26.6 Å². The van der Waals surface area contributed by atoms with E-state index >= 15 is 0 Å². The van der Waals surface area contributed by atoms with Gasteiger partial charge in [0, 0.05) is 6.42 Å². The smallest absolute Gasteiger partial charge is 0.326 e. The zero-order chi connectivity index (χ0) is 28.8. The molecule has 3 atom stereocenters. The number of nitrogens with one attached hydrogen (secondary N) is 5. The van der Waals surface area contributed by atoms with Crippen molar-refractivity contribution in [1.29, 1.82) is 0 Å². The molecule has 16 nitrogen and oxygen atoms in total. The van der Waals surface area contributed by atoms with Crippen LogP contribution in [-0.2, 0) is 40.0 Å². The quantitative estimate of drug-likeness (QED) is 0.104. The monoisotopic (exact) mass is 538 g/mol. The van der Waals surface area contributed by atoms with Crippen molar-refractivity contribution >= 4 is 41.5 Å². The lowest BCUT2D eigenvalue weighted by Crippen LogP contribution is -2.52. The number of hydrogen-bond donors (Lipinski definition) is 9. The summed E-state index contributed by atoms with van der Waals surface area (Å²) in [7, 11) is 0. The summed E-state index contributed by atoms with van der Waals surface area (Å²) in [6.07, 6.45) is -0.694. The molecule has 0 aliphatic heterocycles. The van der Waals surface area contributed by atoms with E-state index in [1.54, 1.807) is 0 Å². The van der Waals surface area contributed by atoms with E-state index in [2.05, 4.69) is 26.6 Å². The van der Waals surface area contributed by atoms with Gasteiger partial charge in [0.2, 0.25) is 29.5 Å². The second-order valence-electron chi connectivity index (χ2n) is 8.03.